The maximum atomic E-state index is 12.5. The van der Waals surface area contributed by atoms with E-state index >= 15 is 0 Å². The van der Waals surface area contributed by atoms with Crippen molar-refractivity contribution in [3.63, 3.8) is 0 Å². The number of nitrogens with one attached hydrogen (secondary N) is 1. The summed E-state index contributed by atoms with van der Waals surface area (Å²) in [4.78, 5) is 21.2. The van der Waals surface area contributed by atoms with Crippen LogP contribution < -0.4 is 14.8 Å². The second-order valence-corrected chi connectivity index (χ2v) is 13.5. The van der Waals surface area contributed by atoms with Gasteiger partial charge >= 0.3 is 0 Å². The highest BCUT2D eigenvalue weighted by atomic mass is 35.5. The molecule has 0 aliphatic carbocycles. The smallest absolute Gasteiger partial charge is 0.230 e. The first-order valence-electron chi connectivity index (χ1n) is 12.9. The topological polar surface area (TPSA) is 111 Å². The minimum Gasteiger partial charge on any atom is -0.493 e. The van der Waals surface area contributed by atoms with Crippen LogP contribution in [-0.2, 0) is 21.2 Å². The summed E-state index contributed by atoms with van der Waals surface area (Å²) >= 11 is 13.4. The number of benzene rings is 2. The summed E-state index contributed by atoms with van der Waals surface area (Å²) in [6.45, 7) is 0.804. The van der Waals surface area contributed by atoms with Gasteiger partial charge in [-0.05, 0) is 60.6 Å². The fraction of sp³-hybridized carbons (Fsp3) is 0.393. The van der Waals surface area contributed by atoms with Gasteiger partial charge in [-0.15, -0.1) is 0 Å². The lowest BCUT2D eigenvalue weighted by Gasteiger charge is -2.22. The molecule has 1 aliphatic heterocycles. The zero-order valence-corrected chi connectivity index (χ0v) is 26.1. The van der Waals surface area contributed by atoms with Gasteiger partial charge < -0.3 is 14.8 Å². The Morgan fingerprint density at radius 2 is 1.78 bits per heavy atom. The van der Waals surface area contributed by atoms with Crippen LogP contribution in [0.2, 0.25) is 10.0 Å². The molecule has 13 heteroatoms. The number of hydrogen-bond donors (Lipinski definition) is 1. The summed E-state index contributed by atoms with van der Waals surface area (Å²) in [5.41, 5.74) is 2.71. The Morgan fingerprint density at radius 1 is 1.05 bits per heavy atom. The van der Waals surface area contributed by atoms with Crippen molar-refractivity contribution in [1.82, 2.24) is 19.6 Å². The molecule has 1 N–H and O–H groups in total. The highest BCUT2D eigenvalue weighted by Gasteiger charge is 2.37. The van der Waals surface area contributed by atoms with E-state index in [1.165, 1.54) is 18.0 Å². The van der Waals surface area contributed by atoms with Crippen molar-refractivity contribution in [2.24, 2.45) is 5.92 Å². The highest BCUT2D eigenvalue weighted by Crippen LogP contribution is 2.33. The lowest BCUT2D eigenvalue weighted by atomic mass is 9.96. The Kier molecular flexibility index (Phi) is 10.8. The summed E-state index contributed by atoms with van der Waals surface area (Å²) in [6, 6.07) is 10.9. The molecule has 0 bridgehead atoms. The third-order valence-electron chi connectivity index (χ3n) is 6.86. The van der Waals surface area contributed by atoms with Gasteiger partial charge in [0.2, 0.25) is 15.9 Å². The van der Waals surface area contributed by atoms with Crippen LogP contribution in [0.3, 0.4) is 0 Å². The average molecular weight is 640 g/mol. The van der Waals surface area contributed by atoms with Crippen LogP contribution >= 0.6 is 35.0 Å². The molecule has 9 nitrogen and oxygen atoms in total. The number of aromatic nitrogens is 2. The number of hydrogen-bond acceptors (Lipinski definition) is 8. The summed E-state index contributed by atoms with van der Waals surface area (Å²) in [6.07, 6.45) is 6.56. The molecule has 1 aromatic heterocycles. The van der Waals surface area contributed by atoms with Gasteiger partial charge in [0, 0.05) is 37.1 Å². The van der Waals surface area contributed by atoms with Crippen molar-refractivity contribution in [2.75, 3.05) is 39.3 Å². The number of thioether (sulfide) groups is 1. The van der Waals surface area contributed by atoms with Gasteiger partial charge in [0.15, 0.2) is 16.7 Å². The first kappa shape index (κ1) is 31.4. The first-order valence-corrected chi connectivity index (χ1v) is 16.5. The Morgan fingerprint density at radius 3 is 2.44 bits per heavy atom. The Balaban J connectivity index is 1.25. The molecule has 0 spiro atoms. The third kappa shape index (κ3) is 8.48. The molecule has 3 aromatic rings. The van der Waals surface area contributed by atoms with E-state index in [2.05, 4.69) is 15.3 Å². The standard InChI is InChI=1S/C28H32Cl2N4O5S2/c1-38-25-7-5-20(13-26(25)39-2)21-14-32-28(33-15-21)40-17-27(35)31-9-8-22-11-19(16-34(22)41(3,36)37)10-18-4-6-23(29)24(30)12-18/h4-7,12-15,19,22H,8-11,16-17H2,1-3H3,(H,31,35). The average Bonchev–Trinajstić information content (AvgIpc) is 3.37. The molecular formula is C28H32Cl2N4O5S2. The van der Waals surface area contributed by atoms with Crippen molar-refractivity contribution >= 4 is 50.9 Å². The minimum absolute atomic E-state index is 0.149. The molecule has 2 aromatic carbocycles. The molecule has 1 fully saturated rings. The number of nitrogens with zero attached hydrogens (tertiary/aromatic N) is 3. The molecular weight excluding hydrogens is 607 g/mol. The highest BCUT2D eigenvalue weighted by molar-refractivity contribution is 7.99. The van der Waals surface area contributed by atoms with E-state index in [1.807, 2.05) is 30.3 Å². The number of sulfonamides is 1. The normalized spacial score (nSPS) is 17.4. The SMILES string of the molecule is COc1ccc(-c2cnc(SCC(=O)NCCC3CC(Cc4ccc(Cl)c(Cl)c4)CN3S(C)(=O)=O)nc2)cc1OC. The first-order chi connectivity index (χ1) is 19.6. The van der Waals surface area contributed by atoms with E-state index in [0.29, 0.717) is 59.1 Å². The van der Waals surface area contributed by atoms with Crippen LogP contribution in [0.4, 0.5) is 0 Å². The maximum absolute atomic E-state index is 12.5. The second-order valence-electron chi connectivity index (χ2n) is 9.79. The van der Waals surface area contributed by atoms with Gasteiger partial charge in [-0.25, -0.2) is 18.4 Å². The van der Waals surface area contributed by atoms with E-state index in [9.17, 15) is 13.2 Å². The van der Waals surface area contributed by atoms with E-state index in [0.717, 1.165) is 16.7 Å². The quantitative estimate of drug-likeness (QED) is 0.219. The summed E-state index contributed by atoms with van der Waals surface area (Å²) in [7, 11) is -0.221. The van der Waals surface area contributed by atoms with Gasteiger partial charge in [0.1, 0.15) is 0 Å². The fourth-order valence-corrected chi connectivity index (χ4v) is 7.06. The molecule has 41 heavy (non-hydrogen) atoms. The van der Waals surface area contributed by atoms with Crippen molar-refractivity contribution in [3.05, 3.63) is 64.4 Å². The molecule has 0 radical (unpaired) electrons. The Labute approximate surface area is 255 Å². The molecule has 1 aliphatic rings. The van der Waals surface area contributed by atoms with Crippen LogP contribution in [0.5, 0.6) is 11.5 Å². The Bertz CT molecular complexity index is 1470. The zero-order chi connectivity index (χ0) is 29.6. The van der Waals surface area contributed by atoms with Crippen LogP contribution in [0.25, 0.3) is 11.1 Å². The van der Waals surface area contributed by atoms with Crippen molar-refractivity contribution in [1.29, 1.82) is 0 Å². The maximum Gasteiger partial charge on any atom is 0.230 e. The number of carbonyl (C=O) groups is 1. The second kappa shape index (κ2) is 14.1. The molecule has 2 heterocycles. The van der Waals surface area contributed by atoms with Gasteiger partial charge in [-0.2, -0.15) is 4.31 Å². The summed E-state index contributed by atoms with van der Waals surface area (Å²) in [5.74, 6) is 1.38. The monoisotopic (exact) mass is 638 g/mol. The molecule has 4 rings (SSSR count). The molecule has 2 atom stereocenters. The summed E-state index contributed by atoms with van der Waals surface area (Å²) in [5, 5.41) is 4.35. The molecule has 220 valence electrons. The van der Waals surface area contributed by atoms with E-state index < -0.39 is 10.0 Å². The number of rotatable bonds is 12. The van der Waals surface area contributed by atoms with Gasteiger partial charge in [-0.3, -0.25) is 4.79 Å². The number of ether oxygens (including phenoxy) is 2. The zero-order valence-electron chi connectivity index (χ0n) is 23.0. The van der Waals surface area contributed by atoms with Crippen LogP contribution in [-0.4, -0.2) is 74.0 Å². The fourth-order valence-electron chi connectivity index (χ4n) is 4.91. The van der Waals surface area contributed by atoms with E-state index in [-0.39, 0.29) is 23.6 Å². The third-order valence-corrected chi connectivity index (χ3v) is 9.78. The lowest BCUT2D eigenvalue weighted by molar-refractivity contribution is -0.118. The predicted octanol–water partition coefficient (Wildman–Crippen LogP) is 4.96. The molecule has 0 saturated carbocycles. The largest absolute Gasteiger partial charge is 0.493 e. The molecule has 1 saturated heterocycles. The molecule has 1 amide bonds. The number of halogens is 2. The van der Waals surface area contributed by atoms with E-state index in [4.69, 9.17) is 32.7 Å². The van der Waals surface area contributed by atoms with Gasteiger partial charge in [-0.1, -0.05) is 47.1 Å². The van der Waals surface area contributed by atoms with Gasteiger partial charge in [0.25, 0.3) is 0 Å². The van der Waals surface area contributed by atoms with Crippen molar-refractivity contribution < 1.29 is 22.7 Å². The van der Waals surface area contributed by atoms with Crippen LogP contribution in [0.1, 0.15) is 18.4 Å². The minimum atomic E-state index is -3.38. The Hall–Kier alpha value is -2.57. The lowest BCUT2D eigenvalue weighted by Crippen LogP contribution is -2.37. The predicted molar refractivity (Wildman–Crippen MR) is 163 cm³/mol. The van der Waals surface area contributed by atoms with Crippen LogP contribution in [0.15, 0.2) is 53.9 Å². The number of carbonyl (C=O) groups excluding carboxylic acids is 1. The molecule has 2 unspecified atom stereocenters. The number of amides is 1. The van der Waals surface area contributed by atoms with Crippen LogP contribution in [0, 0.1) is 5.92 Å². The van der Waals surface area contributed by atoms with Gasteiger partial charge in [0.05, 0.1) is 36.3 Å². The van der Waals surface area contributed by atoms with E-state index in [1.54, 1.807) is 37.0 Å². The number of methoxy groups -OCH3 is 2. The van der Waals surface area contributed by atoms with Crippen molar-refractivity contribution in [3.8, 4) is 22.6 Å². The summed E-state index contributed by atoms with van der Waals surface area (Å²) < 4.78 is 37.1. The van der Waals surface area contributed by atoms with Crippen molar-refractivity contribution in [2.45, 2.75) is 30.5 Å².